The van der Waals surface area contributed by atoms with E-state index in [0.717, 1.165) is 23.5 Å². The summed E-state index contributed by atoms with van der Waals surface area (Å²) in [7, 11) is 0. The molecule has 3 aliphatic rings. The third-order valence-corrected chi connectivity index (χ3v) is 12.5. The Hall–Kier alpha value is -6.90. The van der Waals surface area contributed by atoms with E-state index >= 15 is 0 Å². The topological polar surface area (TPSA) is 6.48 Å². The molecule has 8 aromatic carbocycles. The Morgan fingerprint density at radius 1 is 0.491 bits per heavy atom. The lowest BCUT2D eigenvalue weighted by Crippen LogP contribution is -2.27. The molecule has 0 saturated heterocycles. The summed E-state index contributed by atoms with van der Waals surface area (Å²) in [6.07, 6.45) is 5.81. The second kappa shape index (κ2) is 13.1. The van der Waals surface area contributed by atoms with Gasteiger partial charge in [0.1, 0.15) is 0 Å². The normalized spacial score (nSPS) is 16.0. The van der Waals surface area contributed by atoms with Crippen LogP contribution in [-0.4, -0.2) is 6.04 Å². The molecule has 1 atom stereocenters. The van der Waals surface area contributed by atoms with E-state index < -0.39 is 0 Å². The van der Waals surface area contributed by atoms with Crippen molar-refractivity contribution < 1.29 is 0 Å². The Balaban J connectivity index is 0.956. The number of nitrogens with zero attached hydrogens (tertiary/aromatic N) is 2. The van der Waals surface area contributed by atoms with Crippen molar-refractivity contribution in [2.45, 2.75) is 31.7 Å². The molecule has 2 nitrogen and oxygen atoms in total. The number of para-hydroxylation sites is 1. The van der Waals surface area contributed by atoms with Crippen LogP contribution in [0.25, 0.3) is 44.2 Å². The van der Waals surface area contributed by atoms with Crippen LogP contribution in [0.1, 0.15) is 42.5 Å². The van der Waals surface area contributed by atoms with Crippen molar-refractivity contribution in [2.75, 3.05) is 9.80 Å². The number of allylic oxidation sites excluding steroid dienone is 2. The number of anilines is 5. The summed E-state index contributed by atoms with van der Waals surface area (Å²) in [5.74, 6) is 0. The van der Waals surface area contributed by atoms with Gasteiger partial charge >= 0.3 is 0 Å². The van der Waals surface area contributed by atoms with E-state index in [1.54, 1.807) is 0 Å². The molecular formula is C55H42N2. The highest BCUT2D eigenvalue weighted by atomic mass is 15.2. The quantitative estimate of drug-likeness (QED) is 0.168. The molecule has 0 radical (unpaired) electrons. The number of hydrogen-bond donors (Lipinski definition) is 0. The van der Waals surface area contributed by atoms with Crippen molar-refractivity contribution in [2.24, 2.45) is 0 Å². The molecule has 0 spiro atoms. The first-order valence-electron chi connectivity index (χ1n) is 20.1. The lowest BCUT2D eigenvalue weighted by Gasteiger charge is -2.30. The molecule has 0 fully saturated rings. The van der Waals surface area contributed by atoms with Crippen LogP contribution in [0, 0.1) is 0 Å². The van der Waals surface area contributed by atoms with Crippen LogP contribution in [0.2, 0.25) is 0 Å². The summed E-state index contributed by atoms with van der Waals surface area (Å²) in [6.45, 7) is 4.71. The van der Waals surface area contributed by atoms with E-state index in [4.69, 9.17) is 0 Å². The Bertz CT molecular complexity index is 2900. The lowest BCUT2D eigenvalue weighted by atomic mass is 9.82. The van der Waals surface area contributed by atoms with Crippen molar-refractivity contribution in [1.82, 2.24) is 0 Å². The van der Waals surface area contributed by atoms with Gasteiger partial charge in [-0.25, -0.2) is 0 Å². The molecule has 0 bridgehead atoms. The van der Waals surface area contributed by atoms with Crippen LogP contribution >= 0.6 is 0 Å². The van der Waals surface area contributed by atoms with E-state index in [1.165, 1.54) is 77.8 Å². The van der Waals surface area contributed by atoms with Crippen molar-refractivity contribution in [3.05, 3.63) is 222 Å². The van der Waals surface area contributed by atoms with E-state index in [-0.39, 0.29) is 11.5 Å². The van der Waals surface area contributed by atoms with Crippen LogP contribution in [0.15, 0.2) is 200 Å². The van der Waals surface area contributed by atoms with Crippen LogP contribution in [0.4, 0.5) is 28.4 Å². The van der Waals surface area contributed by atoms with Crippen LogP contribution in [-0.2, 0) is 5.41 Å². The van der Waals surface area contributed by atoms with E-state index in [2.05, 4.69) is 224 Å². The van der Waals surface area contributed by atoms with Gasteiger partial charge < -0.3 is 9.80 Å². The molecule has 1 aliphatic heterocycles. The van der Waals surface area contributed by atoms with Crippen LogP contribution < -0.4 is 9.80 Å². The summed E-state index contributed by atoms with van der Waals surface area (Å²) >= 11 is 0. The molecule has 2 heteroatoms. The molecule has 0 aromatic heterocycles. The van der Waals surface area contributed by atoms with Crippen LogP contribution in [0.3, 0.4) is 0 Å². The fourth-order valence-electron chi connectivity index (χ4n) is 9.65. The Kier molecular flexibility index (Phi) is 7.69. The van der Waals surface area contributed by atoms with Gasteiger partial charge in [0.25, 0.3) is 0 Å². The zero-order valence-corrected chi connectivity index (χ0v) is 32.2. The maximum Gasteiger partial charge on any atom is 0.0633 e. The molecular weight excluding hydrogens is 689 g/mol. The summed E-state index contributed by atoms with van der Waals surface area (Å²) in [6, 6.07) is 69.4. The van der Waals surface area contributed by atoms with Gasteiger partial charge in [-0.05, 0) is 128 Å². The number of benzene rings is 8. The van der Waals surface area contributed by atoms with E-state index in [9.17, 15) is 0 Å². The number of fused-ring (bicyclic) bond motifs is 7. The minimum Gasteiger partial charge on any atom is -0.333 e. The third kappa shape index (κ3) is 5.47. The lowest BCUT2D eigenvalue weighted by molar-refractivity contribution is 0.660. The van der Waals surface area contributed by atoms with Gasteiger partial charge in [0.15, 0.2) is 0 Å². The minimum absolute atomic E-state index is 0.0871. The van der Waals surface area contributed by atoms with Gasteiger partial charge in [0.05, 0.1) is 6.04 Å². The standard InChI is InChI=1S/C55H42N2/c1-55(2)51-18-10-8-16-47(51)48-32-31-46(36-52(48)55)56(43-26-20-39(21-27-43)37-12-4-3-5-13-37)44-28-22-40(23-29-44)42-25-33-54-50(35-42)49-17-9-11-19-53(49)57(54)45-30-24-38-14-6-7-15-41(38)34-45/h3-32,34-36,54H,33H2,1-2H3. The molecule has 57 heavy (non-hydrogen) atoms. The Labute approximate surface area is 335 Å². The van der Waals surface area contributed by atoms with Gasteiger partial charge in [-0.3, -0.25) is 0 Å². The smallest absolute Gasteiger partial charge is 0.0633 e. The van der Waals surface area contributed by atoms with Crippen LogP contribution in [0.5, 0.6) is 0 Å². The van der Waals surface area contributed by atoms with Crippen molar-refractivity contribution in [3.8, 4) is 22.3 Å². The fraction of sp³-hybridized carbons (Fsp3) is 0.0909. The Morgan fingerprint density at radius 3 is 1.89 bits per heavy atom. The van der Waals surface area contributed by atoms with Crippen molar-refractivity contribution in [1.29, 1.82) is 0 Å². The van der Waals surface area contributed by atoms with E-state index in [0.29, 0.717) is 0 Å². The predicted octanol–water partition coefficient (Wildman–Crippen LogP) is 14.7. The highest BCUT2D eigenvalue weighted by Crippen LogP contribution is 2.52. The maximum absolute atomic E-state index is 2.54. The minimum atomic E-state index is -0.0871. The largest absolute Gasteiger partial charge is 0.333 e. The third-order valence-electron chi connectivity index (χ3n) is 12.5. The first-order valence-corrected chi connectivity index (χ1v) is 20.1. The summed E-state index contributed by atoms with van der Waals surface area (Å²) in [5.41, 5.74) is 19.0. The average molecular weight is 731 g/mol. The van der Waals surface area contributed by atoms with Crippen molar-refractivity contribution >= 4 is 50.4 Å². The van der Waals surface area contributed by atoms with Gasteiger partial charge in [0, 0.05) is 39.4 Å². The summed E-state index contributed by atoms with van der Waals surface area (Å²) in [5, 5.41) is 2.54. The summed E-state index contributed by atoms with van der Waals surface area (Å²) < 4.78 is 0. The second-order valence-corrected chi connectivity index (χ2v) is 16.1. The molecule has 0 saturated carbocycles. The van der Waals surface area contributed by atoms with E-state index in [1.807, 2.05) is 0 Å². The molecule has 2 aliphatic carbocycles. The first kappa shape index (κ1) is 33.4. The van der Waals surface area contributed by atoms with Gasteiger partial charge in [-0.2, -0.15) is 0 Å². The SMILES string of the molecule is CC1(C)c2ccccc2-c2ccc(N(c3ccc(C4=CCC5C(=C4)c4ccccc4N5c4ccc5ccccc5c4)cc3)c3ccc(-c4ccccc4)cc3)cc21. The monoisotopic (exact) mass is 730 g/mol. The second-order valence-electron chi connectivity index (χ2n) is 16.1. The first-order chi connectivity index (χ1) is 28.0. The fourth-order valence-corrected chi connectivity index (χ4v) is 9.65. The number of hydrogen-bond acceptors (Lipinski definition) is 2. The van der Waals surface area contributed by atoms with Crippen molar-refractivity contribution in [3.63, 3.8) is 0 Å². The van der Waals surface area contributed by atoms with Gasteiger partial charge in [-0.1, -0.05) is 153 Å². The Morgan fingerprint density at radius 2 is 1.11 bits per heavy atom. The molecule has 272 valence electrons. The molecule has 1 unspecified atom stereocenters. The zero-order valence-electron chi connectivity index (χ0n) is 32.2. The molecule has 11 rings (SSSR count). The van der Waals surface area contributed by atoms with Gasteiger partial charge in [-0.15, -0.1) is 0 Å². The molecule has 0 amide bonds. The average Bonchev–Trinajstić information content (AvgIpc) is 3.72. The highest BCUT2D eigenvalue weighted by molar-refractivity contribution is 6.00. The predicted molar refractivity (Wildman–Crippen MR) is 241 cm³/mol. The molecule has 0 N–H and O–H groups in total. The zero-order chi connectivity index (χ0) is 38.1. The number of rotatable bonds is 6. The summed E-state index contributed by atoms with van der Waals surface area (Å²) in [4.78, 5) is 4.96. The maximum atomic E-state index is 2.54. The molecule has 1 heterocycles. The molecule has 8 aromatic rings. The van der Waals surface area contributed by atoms with Gasteiger partial charge in [0.2, 0.25) is 0 Å². The highest BCUT2D eigenvalue weighted by Gasteiger charge is 2.37.